The van der Waals surface area contributed by atoms with E-state index >= 15 is 0 Å². The zero-order chi connectivity index (χ0) is 14.4. The molecule has 2 rings (SSSR count). The summed E-state index contributed by atoms with van der Waals surface area (Å²) in [5.41, 5.74) is 2.14. The van der Waals surface area contributed by atoms with Gasteiger partial charge in [-0.1, -0.05) is 24.3 Å². The summed E-state index contributed by atoms with van der Waals surface area (Å²) in [7, 11) is 0. The Morgan fingerprint density at radius 1 is 1.00 bits per heavy atom. The van der Waals surface area contributed by atoms with Crippen LogP contribution in [0.25, 0.3) is 0 Å². The number of rotatable bonds is 2. The van der Waals surface area contributed by atoms with Crippen LogP contribution in [-0.2, 0) is 0 Å². The van der Waals surface area contributed by atoms with Gasteiger partial charge in [0.1, 0.15) is 0 Å². The van der Waals surface area contributed by atoms with Gasteiger partial charge in [0.2, 0.25) is 0 Å². The third-order valence-corrected chi connectivity index (χ3v) is 3.22. The first-order valence-corrected chi connectivity index (χ1v) is 6.70. The van der Waals surface area contributed by atoms with E-state index < -0.39 is 0 Å². The molecule has 0 atom stereocenters. The zero-order valence-electron chi connectivity index (χ0n) is 11.6. The molecule has 0 spiro atoms. The monoisotopic (exact) mass is 275 g/mol. The first kappa shape index (κ1) is 15.2. The molecule has 1 heterocycles. The van der Waals surface area contributed by atoms with Crippen molar-refractivity contribution in [2.24, 2.45) is 0 Å². The second-order valence-electron chi connectivity index (χ2n) is 4.24. The van der Waals surface area contributed by atoms with Crippen LogP contribution >= 0.6 is 11.5 Å². The Kier molecular flexibility index (Phi) is 5.57. The largest absolute Gasteiger partial charge is 0.294 e. The van der Waals surface area contributed by atoms with E-state index in [-0.39, 0.29) is 11.6 Å². The normalized spacial score (nSPS) is 9.47. The molecular weight excluding hydrogens is 258 g/mol. The summed E-state index contributed by atoms with van der Waals surface area (Å²) < 4.78 is 4.06. The number of nitrogens with zero attached hydrogens (tertiary/aromatic N) is 1. The van der Waals surface area contributed by atoms with Crippen LogP contribution in [0.3, 0.4) is 0 Å². The SMILES string of the molecule is CC(=O)c1ccccc1C(C)=O.Cc1cc(C)sn1. The highest BCUT2D eigenvalue weighted by Crippen LogP contribution is 2.09. The van der Waals surface area contributed by atoms with E-state index in [9.17, 15) is 9.59 Å². The molecule has 0 unspecified atom stereocenters. The third-order valence-electron chi connectivity index (χ3n) is 2.43. The molecule has 3 nitrogen and oxygen atoms in total. The van der Waals surface area contributed by atoms with E-state index in [1.54, 1.807) is 35.8 Å². The van der Waals surface area contributed by atoms with Gasteiger partial charge in [-0.2, -0.15) is 4.37 Å². The number of Topliss-reactive ketones (excluding diaryl/α,β-unsaturated/α-hetero) is 2. The van der Waals surface area contributed by atoms with Crippen molar-refractivity contribution in [2.75, 3.05) is 0 Å². The molecule has 19 heavy (non-hydrogen) atoms. The van der Waals surface area contributed by atoms with Gasteiger partial charge < -0.3 is 0 Å². The first-order chi connectivity index (χ1) is 8.91. The molecule has 100 valence electrons. The predicted molar refractivity (Wildman–Crippen MR) is 78.0 cm³/mol. The molecule has 1 aromatic carbocycles. The first-order valence-electron chi connectivity index (χ1n) is 5.92. The highest BCUT2D eigenvalue weighted by Gasteiger charge is 2.08. The summed E-state index contributed by atoms with van der Waals surface area (Å²) >= 11 is 1.55. The van der Waals surface area contributed by atoms with E-state index in [0.717, 1.165) is 5.69 Å². The fourth-order valence-electron chi connectivity index (χ4n) is 1.59. The average Bonchev–Trinajstić information content (AvgIpc) is 2.73. The minimum Gasteiger partial charge on any atom is -0.294 e. The molecule has 0 saturated carbocycles. The smallest absolute Gasteiger partial charge is 0.160 e. The van der Waals surface area contributed by atoms with Gasteiger partial charge in [0, 0.05) is 16.0 Å². The lowest BCUT2D eigenvalue weighted by molar-refractivity contribution is 0.0981. The van der Waals surface area contributed by atoms with Crippen LogP contribution in [0.1, 0.15) is 45.1 Å². The third kappa shape index (κ3) is 4.75. The van der Waals surface area contributed by atoms with E-state index in [0.29, 0.717) is 11.1 Å². The lowest BCUT2D eigenvalue weighted by atomic mass is 10.0. The molecular formula is C15H17NO2S. The summed E-state index contributed by atoms with van der Waals surface area (Å²) in [6.45, 7) is 6.98. The lowest BCUT2D eigenvalue weighted by Crippen LogP contribution is -2.02. The van der Waals surface area contributed by atoms with Crippen LogP contribution in [0.2, 0.25) is 0 Å². The minimum absolute atomic E-state index is 0.0687. The fourth-order valence-corrected chi connectivity index (χ4v) is 2.15. The molecule has 0 aliphatic carbocycles. The van der Waals surface area contributed by atoms with Gasteiger partial charge in [-0.15, -0.1) is 0 Å². The van der Waals surface area contributed by atoms with Gasteiger partial charge in [-0.25, -0.2) is 0 Å². The number of aromatic nitrogens is 1. The molecule has 1 aromatic heterocycles. The maximum Gasteiger partial charge on any atom is 0.160 e. The van der Waals surface area contributed by atoms with Crippen LogP contribution in [0, 0.1) is 13.8 Å². The maximum absolute atomic E-state index is 11.0. The van der Waals surface area contributed by atoms with Crippen molar-refractivity contribution in [3.8, 4) is 0 Å². The lowest BCUT2D eigenvalue weighted by Gasteiger charge is -2.00. The van der Waals surface area contributed by atoms with Crippen LogP contribution < -0.4 is 0 Å². The number of carbonyl (C=O) groups excluding carboxylic acids is 2. The molecule has 0 fully saturated rings. The molecule has 0 N–H and O–H groups in total. The van der Waals surface area contributed by atoms with Gasteiger partial charge in [-0.3, -0.25) is 9.59 Å². The van der Waals surface area contributed by atoms with Crippen molar-refractivity contribution >= 4 is 23.1 Å². The molecule has 0 aliphatic heterocycles. The Labute approximate surface area is 117 Å². The molecule has 4 heteroatoms. The van der Waals surface area contributed by atoms with Gasteiger partial charge in [-0.05, 0) is 45.3 Å². The number of hydrogen-bond donors (Lipinski definition) is 0. The van der Waals surface area contributed by atoms with E-state index in [4.69, 9.17) is 0 Å². The topological polar surface area (TPSA) is 47.0 Å². The predicted octanol–water partition coefficient (Wildman–Crippen LogP) is 3.85. The van der Waals surface area contributed by atoms with E-state index in [1.165, 1.54) is 18.7 Å². The van der Waals surface area contributed by atoms with Crippen LogP contribution in [0.5, 0.6) is 0 Å². The van der Waals surface area contributed by atoms with Crippen molar-refractivity contribution in [1.29, 1.82) is 0 Å². The quantitative estimate of drug-likeness (QED) is 0.782. The van der Waals surface area contributed by atoms with Gasteiger partial charge in [0.05, 0.1) is 5.69 Å². The van der Waals surface area contributed by atoms with Crippen molar-refractivity contribution in [1.82, 2.24) is 4.37 Å². The van der Waals surface area contributed by atoms with E-state index in [1.807, 2.05) is 6.92 Å². The van der Waals surface area contributed by atoms with Gasteiger partial charge in [0.15, 0.2) is 11.6 Å². The summed E-state index contributed by atoms with van der Waals surface area (Å²) in [5.74, 6) is -0.137. The zero-order valence-corrected chi connectivity index (χ0v) is 12.4. The fraction of sp³-hybridized carbons (Fsp3) is 0.267. The number of aryl methyl sites for hydroxylation is 2. The summed E-state index contributed by atoms with van der Waals surface area (Å²) in [6, 6.07) is 8.91. The van der Waals surface area contributed by atoms with Crippen molar-refractivity contribution in [3.05, 3.63) is 52.0 Å². The van der Waals surface area contributed by atoms with Crippen molar-refractivity contribution < 1.29 is 9.59 Å². The van der Waals surface area contributed by atoms with Crippen molar-refractivity contribution in [3.63, 3.8) is 0 Å². The Morgan fingerprint density at radius 2 is 1.47 bits per heavy atom. The maximum atomic E-state index is 11.0. The van der Waals surface area contributed by atoms with Crippen LogP contribution in [0.15, 0.2) is 30.3 Å². The Morgan fingerprint density at radius 3 is 1.68 bits per heavy atom. The van der Waals surface area contributed by atoms with Crippen LogP contribution in [-0.4, -0.2) is 15.9 Å². The number of carbonyl (C=O) groups is 2. The Balaban J connectivity index is 0.000000218. The summed E-state index contributed by atoms with van der Waals surface area (Å²) in [6.07, 6.45) is 0. The Hall–Kier alpha value is -1.81. The van der Waals surface area contributed by atoms with E-state index in [2.05, 4.69) is 17.4 Å². The molecule has 0 aliphatic rings. The van der Waals surface area contributed by atoms with Crippen molar-refractivity contribution in [2.45, 2.75) is 27.7 Å². The number of hydrogen-bond acceptors (Lipinski definition) is 4. The summed E-state index contributed by atoms with van der Waals surface area (Å²) in [4.78, 5) is 23.3. The highest BCUT2D eigenvalue weighted by molar-refractivity contribution is 7.05. The minimum atomic E-state index is -0.0687. The standard InChI is InChI=1S/C10H10O2.C5H7NS/c1-7(11)9-5-3-4-6-10(9)8(2)12;1-4-3-5(2)7-6-4/h3-6H,1-2H3;3H,1-2H3. The molecule has 0 radical (unpaired) electrons. The number of benzene rings is 1. The Bertz CT molecular complexity index is 538. The average molecular weight is 275 g/mol. The molecule has 2 aromatic rings. The van der Waals surface area contributed by atoms with Crippen LogP contribution in [0.4, 0.5) is 0 Å². The molecule has 0 bridgehead atoms. The molecule has 0 amide bonds. The second-order valence-corrected chi connectivity index (χ2v) is 5.25. The molecule has 0 saturated heterocycles. The second kappa shape index (κ2) is 6.95. The summed E-state index contributed by atoms with van der Waals surface area (Å²) in [5, 5.41) is 0. The highest BCUT2D eigenvalue weighted by atomic mass is 32.1. The number of ketones is 2. The van der Waals surface area contributed by atoms with Gasteiger partial charge >= 0.3 is 0 Å². The van der Waals surface area contributed by atoms with Gasteiger partial charge in [0.25, 0.3) is 0 Å².